The van der Waals surface area contributed by atoms with Gasteiger partial charge in [-0.05, 0) is 24.3 Å². The van der Waals surface area contributed by atoms with Crippen LogP contribution in [0.25, 0.3) is 0 Å². The van der Waals surface area contributed by atoms with Crippen LogP contribution in [0.3, 0.4) is 0 Å². The summed E-state index contributed by atoms with van der Waals surface area (Å²) in [6.07, 6.45) is 0. The molecule has 2 aromatic rings. The van der Waals surface area contributed by atoms with E-state index in [0.717, 1.165) is 18.2 Å². The Morgan fingerprint density at radius 1 is 1.00 bits per heavy atom. The highest BCUT2D eigenvalue weighted by atomic mass is 19.1. The van der Waals surface area contributed by atoms with Crippen LogP contribution in [-0.2, 0) is 0 Å². The normalized spacial score (nSPS) is 11.4. The molecule has 0 aliphatic carbocycles. The van der Waals surface area contributed by atoms with Gasteiger partial charge in [0.2, 0.25) is 0 Å². The van der Waals surface area contributed by atoms with Gasteiger partial charge in [0.1, 0.15) is 17.5 Å². The van der Waals surface area contributed by atoms with Crippen molar-refractivity contribution in [2.45, 2.75) is 0 Å². The second-order valence-corrected chi connectivity index (χ2v) is 3.60. The highest BCUT2D eigenvalue weighted by Crippen LogP contribution is 2.14. The lowest BCUT2D eigenvalue weighted by molar-refractivity contribution is 0.582. The van der Waals surface area contributed by atoms with Crippen molar-refractivity contribution in [1.29, 1.82) is 0 Å². The van der Waals surface area contributed by atoms with Crippen LogP contribution in [0.2, 0.25) is 0 Å². The number of rotatable bonds is 2. The highest BCUT2D eigenvalue weighted by molar-refractivity contribution is 5.99. The summed E-state index contributed by atoms with van der Waals surface area (Å²) in [5.41, 5.74) is 3.22. The Labute approximate surface area is 103 Å². The van der Waals surface area contributed by atoms with Crippen LogP contribution in [0.15, 0.2) is 53.5 Å². The van der Waals surface area contributed by atoms with E-state index in [1.54, 1.807) is 24.3 Å². The third-order valence-corrected chi connectivity index (χ3v) is 2.27. The SMILES string of the molecule is NNC(=Nc1ccccc1)c1cc(F)cc(F)c1. The maximum Gasteiger partial charge on any atom is 0.148 e. The zero-order valence-corrected chi connectivity index (χ0v) is 9.40. The number of hydrazine groups is 1. The fourth-order valence-electron chi connectivity index (χ4n) is 1.50. The first-order chi connectivity index (χ1) is 8.69. The number of benzene rings is 2. The third kappa shape index (κ3) is 2.89. The van der Waals surface area contributed by atoms with Gasteiger partial charge in [-0.15, -0.1) is 0 Å². The van der Waals surface area contributed by atoms with Crippen LogP contribution in [0, 0.1) is 11.6 Å². The maximum atomic E-state index is 13.1. The smallest absolute Gasteiger partial charge is 0.148 e. The minimum atomic E-state index is -0.680. The topological polar surface area (TPSA) is 50.4 Å². The molecule has 0 unspecified atom stereocenters. The Balaban J connectivity index is 2.42. The summed E-state index contributed by atoms with van der Waals surface area (Å²) in [4.78, 5) is 4.18. The fraction of sp³-hybridized carbons (Fsp3) is 0. The predicted molar refractivity (Wildman–Crippen MR) is 66.3 cm³/mol. The second kappa shape index (κ2) is 5.37. The van der Waals surface area contributed by atoms with Crippen molar-refractivity contribution in [2.24, 2.45) is 10.8 Å². The van der Waals surface area contributed by atoms with Crippen LogP contribution in [0.4, 0.5) is 14.5 Å². The molecule has 0 spiro atoms. The van der Waals surface area contributed by atoms with Gasteiger partial charge in [-0.1, -0.05) is 18.2 Å². The van der Waals surface area contributed by atoms with Gasteiger partial charge in [0.25, 0.3) is 0 Å². The maximum absolute atomic E-state index is 13.1. The van der Waals surface area contributed by atoms with Gasteiger partial charge in [-0.3, -0.25) is 0 Å². The summed E-state index contributed by atoms with van der Waals surface area (Å²) in [6.45, 7) is 0. The van der Waals surface area contributed by atoms with Gasteiger partial charge in [-0.25, -0.2) is 19.6 Å². The van der Waals surface area contributed by atoms with Crippen LogP contribution < -0.4 is 11.3 Å². The Hall–Kier alpha value is -2.27. The van der Waals surface area contributed by atoms with Gasteiger partial charge in [0.15, 0.2) is 0 Å². The zero-order chi connectivity index (χ0) is 13.0. The Bertz CT molecular complexity index is 547. The molecule has 0 fully saturated rings. The Kier molecular flexibility index (Phi) is 3.64. The zero-order valence-electron chi connectivity index (χ0n) is 9.40. The number of amidine groups is 1. The van der Waals surface area contributed by atoms with Crippen molar-refractivity contribution in [3.05, 3.63) is 65.7 Å². The third-order valence-electron chi connectivity index (χ3n) is 2.27. The molecule has 0 aromatic heterocycles. The van der Waals surface area contributed by atoms with Crippen molar-refractivity contribution in [2.75, 3.05) is 0 Å². The molecule has 0 aliphatic rings. The molecule has 3 nitrogen and oxygen atoms in total. The molecule has 0 heterocycles. The largest absolute Gasteiger partial charge is 0.308 e. The van der Waals surface area contributed by atoms with Crippen molar-refractivity contribution >= 4 is 11.5 Å². The molecule has 0 amide bonds. The molecule has 3 N–H and O–H groups in total. The molecular formula is C13H11F2N3. The van der Waals surface area contributed by atoms with E-state index in [0.29, 0.717) is 5.69 Å². The van der Waals surface area contributed by atoms with E-state index in [2.05, 4.69) is 10.4 Å². The molecule has 0 bridgehead atoms. The number of aliphatic imine (C=N–C) groups is 1. The number of nitrogens with two attached hydrogens (primary N) is 1. The molecule has 0 saturated heterocycles. The van der Waals surface area contributed by atoms with E-state index in [1.807, 2.05) is 6.07 Å². The average Bonchev–Trinajstić information content (AvgIpc) is 2.36. The molecular weight excluding hydrogens is 236 g/mol. The highest BCUT2D eigenvalue weighted by Gasteiger charge is 2.06. The van der Waals surface area contributed by atoms with Crippen molar-refractivity contribution in [1.82, 2.24) is 5.43 Å². The molecule has 0 saturated carbocycles. The Morgan fingerprint density at radius 3 is 2.17 bits per heavy atom. The first-order valence-electron chi connectivity index (χ1n) is 5.26. The summed E-state index contributed by atoms with van der Waals surface area (Å²) >= 11 is 0. The number of nitrogens with zero attached hydrogens (tertiary/aromatic N) is 1. The quantitative estimate of drug-likeness (QED) is 0.371. The number of nitrogens with one attached hydrogen (secondary N) is 1. The monoisotopic (exact) mass is 247 g/mol. The molecule has 2 aromatic carbocycles. The van der Waals surface area contributed by atoms with Crippen molar-refractivity contribution < 1.29 is 8.78 Å². The molecule has 0 aliphatic heterocycles. The van der Waals surface area contributed by atoms with Crippen LogP contribution in [0.1, 0.15) is 5.56 Å². The van der Waals surface area contributed by atoms with Crippen molar-refractivity contribution in [3.8, 4) is 0 Å². The van der Waals surface area contributed by atoms with Crippen molar-refractivity contribution in [3.63, 3.8) is 0 Å². The van der Waals surface area contributed by atoms with Crippen LogP contribution in [0.5, 0.6) is 0 Å². The minimum absolute atomic E-state index is 0.194. The first-order valence-corrected chi connectivity index (χ1v) is 5.26. The minimum Gasteiger partial charge on any atom is -0.308 e. The van der Waals surface area contributed by atoms with E-state index in [4.69, 9.17) is 5.84 Å². The van der Waals surface area contributed by atoms with E-state index >= 15 is 0 Å². The summed E-state index contributed by atoms with van der Waals surface area (Å²) in [5.74, 6) is 4.16. The fourth-order valence-corrected chi connectivity index (χ4v) is 1.50. The van der Waals surface area contributed by atoms with E-state index in [-0.39, 0.29) is 11.4 Å². The lowest BCUT2D eigenvalue weighted by atomic mass is 10.2. The molecule has 18 heavy (non-hydrogen) atoms. The average molecular weight is 247 g/mol. The molecule has 0 radical (unpaired) electrons. The van der Waals surface area contributed by atoms with Gasteiger partial charge in [0, 0.05) is 11.6 Å². The van der Waals surface area contributed by atoms with Gasteiger partial charge < -0.3 is 5.43 Å². The number of halogens is 2. The Morgan fingerprint density at radius 2 is 1.61 bits per heavy atom. The summed E-state index contributed by atoms with van der Waals surface area (Å²) in [7, 11) is 0. The summed E-state index contributed by atoms with van der Waals surface area (Å²) in [6, 6.07) is 12.1. The van der Waals surface area contributed by atoms with E-state index < -0.39 is 11.6 Å². The van der Waals surface area contributed by atoms with E-state index in [9.17, 15) is 8.78 Å². The molecule has 5 heteroatoms. The van der Waals surface area contributed by atoms with Gasteiger partial charge in [0.05, 0.1) is 5.69 Å². The lowest BCUT2D eigenvalue weighted by Gasteiger charge is -2.06. The predicted octanol–water partition coefficient (Wildman–Crippen LogP) is 2.51. The van der Waals surface area contributed by atoms with Gasteiger partial charge >= 0.3 is 0 Å². The number of hydrogen-bond donors (Lipinski definition) is 2. The summed E-state index contributed by atoms with van der Waals surface area (Å²) < 4.78 is 26.2. The van der Waals surface area contributed by atoms with Crippen LogP contribution in [-0.4, -0.2) is 5.84 Å². The molecule has 2 rings (SSSR count). The number of para-hydroxylation sites is 1. The van der Waals surface area contributed by atoms with Gasteiger partial charge in [-0.2, -0.15) is 0 Å². The van der Waals surface area contributed by atoms with E-state index in [1.165, 1.54) is 0 Å². The van der Waals surface area contributed by atoms with Crippen LogP contribution >= 0.6 is 0 Å². The lowest BCUT2D eigenvalue weighted by Crippen LogP contribution is -2.31. The molecule has 92 valence electrons. The second-order valence-electron chi connectivity index (χ2n) is 3.60. The standard InChI is InChI=1S/C13H11F2N3/c14-10-6-9(7-11(15)8-10)13(18-16)17-12-4-2-1-3-5-12/h1-8H,16H2,(H,17,18). The first kappa shape index (κ1) is 12.2. The summed E-state index contributed by atoms with van der Waals surface area (Å²) in [5, 5.41) is 0. The number of hydrogen-bond acceptors (Lipinski definition) is 2. The molecule has 0 atom stereocenters.